The van der Waals surface area contributed by atoms with Gasteiger partial charge in [0.15, 0.2) is 0 Å². The lowest BCUT2D eigenvalue weighted by Crippen LogP contribution is -2.26. The first kappa shape index (κ1) is 13.6. The molecule has 0 radical (unpaired) electrons. The van der Waals surface area contributed by atoms with Crippen molar-refractivity contribution in [3.8, 4) is 0 Å². The third-order valence-electron chi connectivity index (χ3n) is 2.60. The van der Waals surface area contributed by atoms with Crippen LogP contribution in [-0.2, 0) is 4.79 Å². The second kappa shape index (κ2) is 4.79. The standard InChI is InChI=1S/C12H14F2O3/c1-12(2,11(16)17)6-10(15)8-5-7(13)3-4-9(8)14/h3-5,10,15H,6H2,1-2H3,(H,16,17). The monoisotopic (exact) mass is 244 g/mol. The first-order valence-corrected chi connectivity index (χ1v) is 5.10. The molecule has 0 spiro atoms. The summed E-state index contributed by atoms with van der Waals surface area (Å²) in [6.07, 6.45) is -1.54. The summed E-state index contributed by atoms with van der Waals surface area (Å²) in [5.74, 6) is -2.53. The van der Waals surface area contributed by atoms with Crippen LogP contribution >= 0.6 is 0 Å². The number of rotatable bonds is 4. The first-order chi connectivity index (χ1) is 7.74. The molecule has 3 nitrogen and oxygen atoms in total. The molecule has 0 aromatic heterocycles. The number of hydrogen-bond donors (Lipinski definition) is 2. The molecular weight excluding hydrogens is 230 g/mol. The summed E-state index contributed by atoms with van der Waals surface area (Å²) in [6.45, 7) is 2.82. The van der Waals surface area contributed by atoms with Crippen molar-refractivity contribution >= 4 is 5.97 Å². The van der Waals surface area contributed by atoms with Crippen LogP contribution in [-0.4, -0.2) is 16.2 Å². The first-order valence-electron chi connectivity index (χ1n) is 5.10. The highest BCUT2D eigenvalue weighted by Crippen LogP contribution is 2.31. The lowest BCUT2D eigenvalue weighted by atomic mass is 9.85. The molecule has 0 amide bonds. The maximum Gasteiger partial charge on any atom is 0.309 e. The van der Waals surface area contributed by atoms with E-state index in [9.17, 15) is 18.7 Å². The van der Waals surface area contributed by atoms with Gasteiger partial charge in [0.2, 0.25) is 0 Å². The van der Waals surface area contributed by atoms with Gasteiger partial charge in [-0.3, -0.25) is 4.79 Å². The van der Waals surface area contributed by atoms with Gasteiger partial charge in [-0.15, -0.1) is 0 Å². The van der Waals surface area contributed by atoms with E-state index < -0.39 is 29.1 Å². The number of aliphatic hydroxyl groups excluding tert-OH is 1. The third kappa shape index (κ3) is 3.23. The van der Waals surface area contributed by atoms with Gasteiger partial charge in [0.25, 0.3) is 0 Å². The quantitative estimate of drug-likeness (QED) is 0.855. The summed E-state index contributed by atoms with van der Waals surface area (Å²) in [6, 6.07) is 2.72. The summed E-state index contributed by atoms with van der Waals surface area (Å²) >= 11 is 0. The minimum Gasteiger partial charge on any atom is -0.481 e. The Morgan fingerprint density at radius 2 is 2.00 bits per heavy atom. The van der Waals surface area contributed by atoms with Gasteiger partial charge in [-0.25, -0.2) is 8.78 Å². The zero-order valence-corrected chi connectivity index (χ0v) is 9.58. The highest BCUT2D eigenvalue weighted by atomic mass is 19.1. The molecule has 0 saturated carbocycles. The fourth-order valence-corrected chi connectivity index (χ4v) is 1.45. The molecule has 0 saturated heterocycles. The Morgan fingerprint density at radius 1 is 1.41 bits per heavy atom. The number of carboxylic acids is 1. The van der Waals surface area contributed by atoms with Crippen LogP contribution in [0, 0.1) is 17.0 Å². The summed E-state index contributed by atoms with van der Waals surface area (Å²) in [7, 11) is 0. The molecule has 17 heavy (non-hydrogen) atoms. The minimum atomic E-state index is -1.35. The average Bonchev–Trinajstić information content (AvgIpc) is 2.20. The highest BCUT2D eigenvalue weighted by Gasteiger charge is 2.31. The van der Waals surface area contributed by atoms with Crippen molar-refractivity contribution in [3.63, 3.8) is 0 Å². The molecule has 0 aliphatic rings. The fraction of sp³-hybridized carbons (Fsp3) is 0.417. The van der Waals surface area contributed by atoms with E-state index in [1.807, 2.05) is 0 Å². The Morgan fingerprint density at radius 3 is 2.53 bits per heavy atom. The van der Waals surface area contributed by atoms with Crippen LogP contribution < -0.4 is 0 Å². The Balaban J connectivity index is 2.94. The van der Waals surface area contributed by atoms with E-state index >= 15 is 0 Å². The van der Waals surface area contributed by atoms with Crippen LogP contribution in [0.15, 0.2) is 18.2 Å². The highest BCUT2D eigenvalue weighted by molar-refractivity contribution is 5.73. The molecule has 1 unspecified atom stereocenters. The zero-order chi connectivity index (χ0) is 13.2. The van der Waals surface area contributed by atoms with Crippen LogP contribution in [0.1, 0.15) is 31.9 Å². The normalized spacial score (nSPS) is 13.5. The van der Waals surface area contributed by atoms with Gasteiger partial charge in [0.05, 0.1) is 11.5 Å². The van der Waals surface area contributed by atoms with E-state index in [0.717, 1.165) is 18.2 Å². The second-order valence-corrected chi connectivity index (χ2v) is 4.57. The Labute approximate surface area is 97.7 Å². The molecule has 0 fully saturated rings. The molecule has 1 rings (SSSR count). The Kier molecular flexibility index (Phi) is 3.83. The van der Waals surface area contributed by atoms with Gasteiger partial charge in [0.1, 0.15) is 11.6 Å². The molecular formula is C12H14F2O3. The maximum atomic E-state index is 13.3. The number of hydrogen-bond acceptors (Lipinski definition) is 2. The van der Waals surface area contributed by atoms with Crippen molar-refractivity contribution in [2.24, 2.45) is 5.41 Å². The lowest BCUT2D eigenvalue weighted by molar-refractivity contribution is -0.148. The van der Waals surface area contributed by atoms with E-state index in [-0.39, 0.29) is 12.0 Å². The van der Waals surface area contributed by atoms with Crippen LogP contribution in [0.4, 0.5) is 8.78 Å². The summed E-state index contributed by atoms with van der Waals surface area (Å²) in [5.41, 5.74) is -1.43. The van der Waals surface area contributed by atoms with Gasteiger partial charge in [-0.2, -0.15) is 0 Å². The number of halogens is 2. The zero-order valence-electron chi connectivity index (χ0n) is 9.58. The van der Waals surface area contributed by atoms with E-state index in [1.54, 1.807) is 0 Å². The van der Waals surface area contributed by atoms with Gasteiger partial charge in [-0.05, 0) is 38.5 Å². The van der Waals surface area contributed by atoms with Crippen LogP contribution in [0.25, 0.3) is 0 Å². The van der Waals surface area contributed by atoms with Crippen LogP contribution in [0.5, 0.6) is 0 Å². The van der Waals surface area contributed by atoms with Gasteiger partial charge in [-0.1, -0.05) is 0 Å². The molecule has 1 aromatic carbocycles. The van der Waals surface area contributed by atoms with Crippen LogP contribution in [0.2, 0.25) is 0 Å². The van der Waals surface area contributed by atoms with E-state index in [1.165, 1.54) is 13.8 Å². The van der Waals surface area contributed by atoms with E-state index in [4.69, 9.17) is 5.11 Å². The minimum absolute atomic E-state index is 0.192. The molecule has 2 N–H and O–H groups in total. The van der Waals surface area contributed by atoms with Gasteiger partial charge < -0.3 is 10.2 Å². The van der Waals surface area contributed by atoms with Crippen molar-refractivity contribution < 1.29 is 23.8 Å². The predicted octanol–water partition coefficient (Wildman–Crippen LogP) is 2.50. The number of benzene rings is 1. The summed E-state index contributed by atoms with van der Waals surface area (Å²) < 4.78 is 26.2. The topological polar surface area (TPSA) is 57.5 Å². The molecule has 0 bridgehead atoms. The van der Waals surface area contributed by atoms with Crippen LogP contribution in [0.3, 0.4) is 0 Å². The SMILES string of the molecule is CC(C)(CC(O)c1cc(F)ccc1F)C(=O)O. The largest absolute Gasteiger partial charge is 0.481 e. The predicted molar refractivity (Wildman–Crippen MR) is 57.4 cm³/mol. The maximum absolute atomic E-state index is 13.3. The van der Waals surface area contributed by atoms with Gasteiger partial charge >= 0.3 is 5.97 Å². The number of aliphatic carboxylic acids is 1. The molecule has 0 aliphatic carbocycles. The summed E-state index contributed by atoms with van der Waals surface area (Å²) in [5, 5.41) is 18.6. The number of carbonyl (C=O) groups is 1. The Hall–Kier alpha value is -1.49. The molecule has 0 aliphatic heterocycles. The Bertz CT molecular complexity index is 430. The average molecular weight is 244 g/mol. The lowest BCUT2D eigenvalue weighted by Gasteiger charge is -2.23. The summed E-state index contributed by atoms with van der Waals surface area (Å²) in [4.78, 5) is 10.9. The third-order valence-corrected chi connectivity index (χ3v) is 2.60. The van der Waals surface area contributed by atoms with Gasteiger partial charge in [0, 0.05) is 5.56 Å². The smallest absolute Gasteiger partial charge is 0.309 e. The fourth-order valence-electron chi connectivity index (χ4n) is 1.45. The molecule has 1 aromatic rings. The van der Waals surface area contributed by atoms with Crippen molar-refractivity contribution in [1.82, 2.24) is 0 Å². The number of aliphatic hydroxyl groups is 1. The molecule has 94 valence electrons. The molecule has 0 heterocycles. The van der Waals surface area contributed by atoms with Crippen molar-refractivity contribution in [2.45, 2.75) is 26.4 Å². The number of carboxylic acid groups (broad SMARTS) is 1. The molecule has 1 atom stereocenters. The van der Waals surface area contributed by atoms with Crippen molar-refractivity contribution in [1.29, 1.82) is 0 Å². The molecule has 5 heteroatoms. The van der Waals surface area contributed by atoms with E-state index in [0.29, 0.717) is 0 Å². The van der Waals surface area contributed by atoms with Crippen molar-refractivity contribution in [2.75, 3.05) is 0 Å². The van der Waals surface area contributed by atoms with Crippen molar-refractivity contribution in [3.05, 3.63) is 35.4 Å². The van der Waals surface area contributed by atoms with E-state index in [2.05, 4.69) is 0 Å². The second-order valence-electron chi connectivity index (χ2n) is 4.57.